The molecule has 0 radical (unpaired) electrons. The highest BCUT2D eigenvalue weighted by Crippen LogP contribution is 2.15. The molecule has 0 atom stereocenters. The molecular weight excluding hydrogens is 218 g/mol. The first-order valence-electron chi connectivity index (χ1n) is 5.17. The molecule has 5 heteroatoms. The summed E-state index contributed by atoms with van der Waals surface area (Å²) < 4.78 is 1.64. The van der Waals surface area contributed by atoms with Crippen LogP contribution in [0, 0.1) is 6.92 Å². The minimum atomic E-state index is -0.221. The Labute approximate surface area is 98.7 Å². The van der Waals surface area contributed by atoms with Gasteiger partial charge >= 0.3 is 0 Å². The largest absolute Gasteiger partial charge is 0.508 e. The zero-order valence-electron chi connectivity index (χ0n) is 9.64. The van der Waals surface area contributed by atoms with Gasteiger partial charge in [-0.3, -0.25) is 9.48 Å². The van der Waals surface area contributed by atoms with Gasteiger partial charge in [-0.1, -0.05) is 0 Å². The van der Waals surface area contributed by atoms with Crippen molar-refractivity contribution in [1.29, 1.82) is 0 Å². The smallest absolute Gasteiger partial charge is 0.255 e. The number of phenols is 1. The molecule has 2 N–H and O–H groups in total. The van der Waals surface area contributed by atoms with Gasteiger partial charge in [0.05, 0.1) is 11.4 Å². The number of aromatic nitrogens is 2. The van der Waals surface area contributed by atoms with E-state index in [0.717, 1.165) is 5.69 Å². The Morgan fingerprint density at radius 1 is 1.35 bits per heavy atom. The maximum atomic E-state index is 11.9. The summed E-state index contributed by atoms with van der Waals surface area (Å²) >= 11 is 0. The van der Waals surface area contributed by atoms with Gasteiger partial charge in [-0.25, -0.2) is 0 Å². The Balaban J connectivity index is 2.17. The second-order valence-corrected chi connectivity index (χ2v) is 3.80. The molecular formula is C12H13N3O2. The van der Waals surface area contributed by atoms with Gasteiger partial charge in [0.15, 0.2) is 0 Å². The molecule has 5 nitrogen and oxygen atoms in total. The quantitative estimate of drug-likeness (QED) is 0.826. The topological polar surface area (TPSA) is 67.2 Å². The summed E-state index contributed by atoms with van der Waals surface area (Å²) in [6, 6.07) is 6.09. The molecule has 0 saturated heterocycles. The molecule has 1 amide bonds. The van der Waals surface area contributed by atoms with E-state index in [2.05, 4.69) is 10.4 Å². The van der Waals surface area contributed by atoms with E-state index in [4.69, 9.17) is 5.11 Å². The Hall–Kier alpha value is -2.30. The van der Waals surface area contributed by atoms with Crippen molar-refractivity contribution in [2.24, 2.45) is 7.05 Å². The molecule has 17 heavy (non-hydrogen) atoms. The van der Waals surface area contributed by atoms with Crippen LogP contribution in [0.2, 0.25) is 0 Å². The number of nitrogens with one attached hydrogen (secondary N) is 1. The predicted molar refractivity (Wildman–Crippen MR) is 64.0 cm³/mol. The lowest BCUT2D eigenvalue weighted by atomic mass is 10.2. The Morgan fingerprint density at radius 3 is 2.53 bits per heavy atom. The number of nitrogens with zero attached hydrogens (tertiary/aromatic N) is 2. The van der Waals surface area contributed by atoms with Gasteiger partial charge in [0.1, 0.15) is 5.75 Å². The van der Waals surface area contributed by atoms with E-state index in [9.17, 15) is 4.79 Å². The van der Waals surface area contributed by atoms with E-state index in [1.54, 1.807) is 30.1 Å². The fourth-order valence-electron chi connectivity index (χ4n) is 1.53. The SMILES string of the molecule is Cc1nn(C)cc1NC(=O)c1ccc(O)cc1. The summed E-state index contributed by atoms with van der Waals surface area (Å²) in [7, 11) is 1.79. The molecule has 0 spiro atoms. The van der Waals surface area contributed by atoms with E-state index in [1.807, 2.05) is 6.92 Å². The maximum Gasteiger partial charge on any atom is 0.255 e. The van der Waals surface area contributed by atoms with Crippen LogP contribution in [-0.4, -0.2) is 20.8 Å². The molecule has 1 aromatic heterocycles. The minimum Gasteiger partial charge on any atom is -0.508 e. The lowest BCUT2D eigenvalue weighted by Crippen LogP contribution is -2.11. The van der Waals surface area contributed by atoms with E-state index in [-0.39, 0.29) is 11.7 Å². The van der Waals surface area contributed by atoms with Crippen LogP contribution in [0.4, 0.5) is 5.69 Å². The van der Waals surface area contributed by atoms with Crippen molar-refractivity contribution in [3.8, 4) is 5.75 Å². The van der Waals surface area contributed by atoms with Gasteiger partial charge in [0, 0.05) is 18.8 Å². The number of carbonyl (C=O) groups excluding carboxylic acids is 1. The van der Waals surface area contributed by atoms with E-state index in [1.165, 1.54) is 12.1 Å². The molecule has 1 aromatic carbocycles. The number of amides is 1. The third-order valence-corrected chi connectivity index (χ3v) is 2.39. The van der Waals surface area contributed by atoms with Gasteiger partial charge in [0.2, 0.25) is 0 Å². The molecule has 0 aliphatic heterocycles. The van der Waals surface area contributed by atoms with Crippen LogP contribution in [0.5, 0.6) is 5.75 Å². The van der Waals surface area contributed by atoms with Crippen LogP contribution >= 0.6 is 0 Å². The van der Waals surface area contributed by atoms with Crippen molar-refractivity contribution in [2.45, 2.75) is 6.92 Å². The second-order valence-electron chi connectivity index (χ2n) is 3.80. The molecule has 0 unspecified atom stereocenters. The summed E-state index contributed by atoms with van der Waals surface area (Å²) in [5, 5.41) is 16.0. The number of benzene rings is 1. The minimum absolute atomic E-state index is 0.138. The first kappa shape index (κ1) is 11.2. The molecule has 2 aromatic rings. The van der Waals surface area contributed by atoms with Gasteiger partial charge in [-0.2, -0.15) is 5.10 Å². The highest BCUT2D eigenvalue weighted by atomic mass is 16.3. The molecule has 0 fully saturated rings. The normalized spacial score (nSPS) is 10.2. The van der Waals surface area contributed by atoms with Crippen molar-refractivity contribution in [1.82, 2.24) is 9.78 Å². The summed E-state index contributed by atoms with van der Waals surface area (Å²) in [6.45, 7) is 1.83. The van der Waals surface area contributed by atoms with Crippen LogP contribution in [0.1, 0.15) is 16.1 Å². The van der Waals surface area contributed by atoms with Crippen molar-refractivity contribution in [3.63, 3.8) is 0 Å². The van der Waals surface area contributed by atoms with Crippen molar-refractivity contribution in [3.05, 3.63) is 41.7 Å². The van der Waals surface area contributed by atoms with Crippen LogP contribution in [0.3, 0.4) is 0 Å². The maximum absolute atomic E-state index is 11.9. The van der Waals surface area contributed by atoms with Gasteiger partial charge < -0.3 is 10.4 Å². The van der Waals surface area contributed by atoms with Crippen LogP contribution in [0.15, 0.2) is 30.5 Å². The number of aromatic hydroxyl groups is 1. The number of aryl methyl sites for hydroxylation is 2. The number of rotatable bonds is 2. The van der Waals surface area contributed by atoms with Crippen LogP contribution in [-0.2, 0) is 7.05 Å². The predicted octanol–water partition coefficient (Wildman–Crippen LogP) is 1.69. The lowest BCUT2D eigenvalue weighted by molar-refractivity contribution is 0.102. The highest BCUT2D eigenvalue weighted by molar-refractivity contribution is 6.04. The number of hydrogen-bond donors (Lipinski definition) is 2. The Bertz CT molecular complexity index is 543. The molecule has 0 bridgehead atoms. The first-order valence-corrected chi connectivity index (χ1v) is 5.17. The van der Waals surface area contributed by atoms with Crippen molar-refractivity contribution < 1.29 is 9.90 Å². The zero-order valence-corrected chi connectivity index (χ0v) is 9.64. The number of anilines is 1. The number of phenolic OH excluding ortho intramolecular Hbond substituents is 1. The average molecular weight is 231 g/mol. The number of carbonyl (C=O) groups is 1. The Kier molecular flexibility index (Phi) is 2.82. The fourth-order valence-corrected chi connectivity index (χ4v) is 1.53. The average Bonchev–Trinajstić information content (AvgIpc) is 2.58. The Morgan fingerprint density at radius 2 is 2.00 bits per heavy atom. The van der Waals surface area contributed by atoms with Crippen molar-refractivity contribution >= 4 is 11.6 Å². The molecule has 0 aliphatic carbocycles. The van der Waals surface area contributed by atoms with E-state index in [0.29, 0.717) is 11.3 Å². The molecule has 2 rings (SSSR count). The monoisotopic (exact) mass is 231 g/mol. The summed E-state index contributed by atoms with van der Waals surface area (Å²) in [5.74, 6) is -0.0831. The standard InChI is InChI=1S/C12H13N3O2/c1-8-11(7-15(2)14-8)13-12(17)9-3-5-10(16)6-4-9/h3-7,16H,1-2H3,(H,13,17). The third-order valence-electron chi connectivity index (χ3n) is 2.39. The van der Waals surface area contributed by atoms with Crippen LogP contribution < -0.4 is 5.32 Å². The van der Waals surface area contributed by atoms with Gasteiger partial charge in [0.25, 0.3) is 5.91 Å². The van der Waals surface area contributed by atoms with Gasteiger partial charge in [-0.05, 0) is 31.2 Å². The van der Waals surface area contributed by atoms with E-state index >= 15 is 0 Å². The second kappa shape index (κ2) is 4.29. The van der Waals surface area contributed by atoms with Crippen molar-refractivity contribution in [2.75, 3.05) is 5.32 Å². The van der Waals surface area contributed by atoms with Crippen LogP contribution in [0.25, 0.3) is 0 Å². The number of hydrogen-bond acceptors (Lipinski definition) is 3. The summed E-state index contributed by atoms with van der Waals surface area (Å²) in [4.78, 5) is 11.9. The summed E-state index contributed by atoms with van der Waals surface area (Å²) in [5.41, 5.74) is 1.94. The third kappa shape index (κ3) is 2.44. The molecule has 1 heterocycles. The zero-order chi connectivity index (χ0) is 12.4. The molecule has 0 saturated carbocycles. The highest BCUT2D eigenvalue weighted by Gasteiger charge is 2.09. The molecule has 0 aliphatic rings. The summed E-state index contributed by atoms with van der Waals surface area (Å²) in [6.07, 6.45) is 1.74. The van der Waals surface area contributed by atoms with E-state index < -0.39 is 0 Å². The molecule has 88 valence electrons. The first-order chi connectivity index (χ1) is 8.06. The fraction of sp³-hybridized carbons (Fsp3) is 0.167. The lowest BCUT2D eigenvalue weighted by Gasteiger charge is -2.03. The van der Waals surface area contributed by atoms with Gasteiger partial charge in [-0.15, -0.1) is 0 Å².